The topological polar surface area (TPSA) is 59.8 Å². The number of aryl methyl sites for hydroxylation is 1. The summed E-state index contributed by atoms with van der Waals surface area (Å²) in [6.45, 7) is 1.89. The number of nitrogens with one attached hydrogen (secondary N) is 1. The molecule has 0 fully saturated rings. The summed E-state index contributed by atoms with van der Waals surface area (Å²) in [6.07, 6.45) is 0. The van der Waals surface area contributed by atoms with Crippen LogP contribution in [0.3, 0.4) is 0 Å². The third-order valence-corrected chi connectivity index (χ3v) is 5.04. The van der Waals surface area contributed by atoms with Crippen LogP contribution in [-0.2, 0) is 0 Å². The minimum Gasteiger partial charge on any atom is -0.319 e. The molecule has 4 aromatic rings. The molecule has 1 N–H and O–H groups in total. The highest BCUT2D eigenvalue weighted by molar-refractivity contribution is 6.31. The number of hydrogen-bond acceptors (Lipinski definition) is 3. The Hall–Kier alpha value is -3.22. The summed E-state index contributed by atoms with van der Waals surface area (Å²) in [5.74, 6) is -0.545. The van der Waals surface area contributed by atoms with Gasteiger partial charge < -0.3 is 5.32 Å². The summed E-state index contributed by atoms with van der Waals surface area (Å²) in [4.78, 5) is 17.1. The van der Waals surface area contributed by atoms with E-state index < -0.39 is 5.91 Å². The molecule has 0 atom stereocenters. The molecular formula is C22H15Cl2FN4O. The number of carbonyl (C=O) groups is 1. The van der Waals surface area contributed by atoms with E-state index in [1.54, 1.807) is 42.5 Å². The van der Waals surface area contributed by atoms with E-state index >= 15 is 0 Å². The van der Waals surface area contributed by atoms with Gasteiger partial charge in [0, 0.05) is 21.3 Å². The van der Waals surface area contributed by atoms with Crippen molar-refractivity contribution >= 4 is 34.8 Å². The maximum atomic E-state index is 13.4. The van der Waals surface area contributed by atoms with Gasteiger partial charge in [0.15, 0.2) is 5.82 Å². The van der Waals surface area contributed by atoms with Crippen molar-refractivity contribution in [3.63, 3.8) is 0 Å². The number of aromatic nitrogens is 3. The molecule has 150 valence electrons. The summed E-state index contributed by atoms with van der Waals surface area (Å²) < 4.78 is 14.9. The van der Waals surface area contributed by atoms with Gasteiger partial charge in [0.05, 0.1) is 5.69 Å². The van der Waals surface area contributed by atoms with E-state index in [0.717, 1.165) is 5.56 Å². The zero-order valence-corrected chi connectivity index (χ0v) is 17.2. The molecule has 1 aromatic heterocycles. The van der Waals surface area contributed by atoms with Crippen LogP contribution in [0.25, 0.3) is 17.1 Å². The first-order valence-corrected chi connectivity index (χ1v) is 9.73. The number of carbonyl (C=O) groups excluding carboxylic acids is 1. The SMILES string of the molecule is Cc1ccc(-n2nc(C(=O)Nc3cccc(Cl)c3)nc2-c2ccc(F)cc2)cc1Cl. The van der Waals surface area contributed by atoms with Crippen LogP contribution >= 0.6 is 23.2 Å². The number of hydrogen-bond donors (Lipinski definition) is 1. The zero-order valence-electron chi connectivity index (χ0n) is 15.7. The first-order chi connectivity index (χ1) is 14.4. The van der Waals surface area contributed by atoms with Crippen molar-refractivity contribution in [2.75, 3.05) is 5.32 Å². The summed E-state index contributed by atoms with van der Waals surface area (Å²) in [6, 6.07) is 18.0. The molecule has 1 amide bonds. The van der Waals surface area contributed by atoms with Crippen LogP contribution in [0.15, 0.2) is 66.7 Å². The Balaban J connectivity index is 1.77. The third-order valence-electron chi connectivity index (χ3n) is 4.40. The second-order valence-corrected chi connectivity index (χ2v) is 7.42. The van der Waals surface area contributed by atoms with Crippen molar-refractivity contribution in [2.24, 2.45) is 0 Å². The van der Waals surface area contributed by atoms with Crippen LogP contribution in [0.2, 0.25) is 10.0 Å². The highest BCUT2D eigenvalue weighted by Crippen LogP contribution is 2.25. The van der Waals surface area contributed by atoms with Crippen molar-refractivity contribution in [1.29, 1.82) is 0 Å². The summed E-state index contributed by atoms with van der Waals surface area (Å²) >= 11 is 12.2. The van der Waals surface area contributed by atoms with Gasteiger partial charge in [-0.1, -0.05) is 35.3 Å². The molecule has 0 saturated heterocycles. The van der Waals surface area contributed by atoms with Gasteiger partial charge in [-0.05, 0) is 67.1 Å². The molecule has 0 unspecified atom stereocenters. The molecule has 0 spiro atoms. The van der Waals surface area contributed by atoms with E-state index in [2.05, 4.69) is 15.4 Å². The number of rotatable bonds is 4. The van der Waals surface area contributed by atoms with Crippen molar-refractivity contribution < 1.29 is 9.18 Å². The molecule has 0 saturated carbocycles. The Morgan fingerprint density at radius 2 is 1.80 bits per heavy atom. The van der Waals surface area contributed by atoms with E-state index in [9.17, 15) is 9.18 Å². The van der Waals surface area contributed by atoms with Crippen LogP contribution in [-0.4, -0.2) is 20.7 Å². The van der Waals surface area contributed by atoms with E-state index in [-0.39, 0.29) is 11.6 Å². The maximum absolute atomic E-state index is 13.4. The normalized spacial score (nSPS) is 10.8. The fourth-order valence-electron chi connectivity index (χ4n) is 2.84. The number of halogens is 3. The zero-order chi connectivity index (χ0) is 21.3. The maximum Gasteiger partial charge on any atom is 0.295 e. The monoisotopic (exact) mass is 440 g/mol. The lowest BCUT2D eigenvalue weighted by molar-refractivity contribution is 0.101. The van der Waals surface area contributed by atoms with Gasteiger partial charge in [0.1, 0.15) is 5.82 Å². The van der Waals surface area contributed by atoms with Crippen LogP contribution in [0.1, 0.15) is 16.2 Å². The highest BCUT2D eigenvalue weighted by Gasteiger charge is 2.19. The molecule has 0 aliphatic rings. The van der Waals surface area contributed by atoms with E-state index in [0.29, 0.717) is 32.8 Å². The van der Waals surface area contributed by atoms with E-state index in [1.165, 1.54) is 16.8 Å². The lowest BCUT2D eigenvalue weighted by atomic mass is 10.2. The van der Waals surface area contributed by atoms with Crippen molar-refractivity contribution in [3.8, 4) is 17.1 Å². The van der Waals surface area contributed by atoms with E-state index in [1.807, 2.05) is 19.1 Å². The standard InChI is InChI=1S/C22H15Cl2FN4O/c1-13-5-10-18(12-19(13)24)29-21(14-6-8-16(25)9-7-14)27-20(28-29)22(30)26-17-4-2-3-15(23)11-17/h2-12H,1H3,(H,26,30). The average Bonchev–Trinajstić information content (AvgIpc) is 3.16. The van der Waals surface area contributed by atoms with Gasteiger partial charge in [-0.15, -0.1) is 5.10 Å². The predicted octanol–water partition coefficient (Wildman–Crippen LogP) is 5.94. The summed E-state index contributed by atoms with van der Waals surface area (Å²) in [7, 11) is 0. The Morgan fingerprint density at radius 3 is 2.50 bits per heavy atom. The minimum absolute atomic E-state index is 0.0500. The molecule has 1 heterocycles. The fraction of sp³-hybridized carbons (Fsp3) is 0.0455. The number of anilines is 1. The lowest BCUT2D eigenvalue weighted by Gasteiger charge is -2.07. The molecule has 3 aromatic carbocycles. The summed E-state index contributed by atoms with van der Waals surface area (Å²) in [5.41, 5.74) is 2.65. The second-order valence-electron chi connectivity index (χ2n) is 6.58. The highest BCUT2D eigenvalue weighted by atomic mass is 35.5. The molecule has 0 radical (unpaired) electrons. The lowest BCUT2D eigenvalue weighted by Crippen LogP contribution is -2.14. The van der Waals surface area contributed by atoms with Crippen molar-refractivity contribution in [3.05, 3.63) is 94.0 Å². The second kappa shape index (κ2) is 8.26. The molecule has 0 aliphatic carbocycles. The minimum atomic E-state index is -0.502. The number of nitrogens with zero attached hydrogens (tertiary/aromatic N) is 3. The van der Waals surface area contributed by atoms with Crippen LogP contribution in [0.4, 0.5) is 10.1 Å². The van der Waals surface area contributed by atoms with Gasteiger partial charge in [-0.25, -0.2) is 14.1 Å². The fourth-order valence-corrected chi connectivity index (χ4v) is 3.21. The number of benzene rings is 3. The molecule has 0 bridgehead atoms. The van der Waals surface area contributed by atoms with Crippen molar-refractivity contribution in [1.82, 2.24) is 14.8 Å². The first kappa shape index (κ1) is 20.1. The Kier molecular flexibility index (Phi) is 5.53. The Bertz CT molecular complexity index is 1240. The molecule has 4 rings (SSSR count). The van der Waals surface area contributed by atoms with Gasteiger partial charge in [0.2, 0.25) is 5.82 Å². The molecule has 8 heteroatoms. The third kappa shape index (κ3) is 4.20. The largest absolute Gasteiger partial charge is 0.319 e. The molecular weight excluding hydrogens is 426 g/mol. The predicted molar refractivity (Wildman–Crippen MR) is 116 cm³/mol. The van der Waals surface area contributed by atoms with Gasteiger partial charge in [-0.3, -0.25) is 4.79 Å². The Labute approximate surface area is 182 Å². The van der Waals surface area contributed by atoms with Gasteiger partial charge in [-0.2, -0.15) is 0 Å². The summed E-state index contributed by atoms with van der Waals surface area (Å²) in [5, 5.41) is 8.15. The quantitative estimate of drug-likeness (QED) is 0.426. The molecule has 5 nitrogen and oxygen atoms in total. The van der Waals surface area contributed by atoms with Crippen LogP contribution in [0.5, 0.6) is 0 Å². The number of amides is 1. The molecule has 30 heavy (non-hydrogen) atoms. The Morgan fingerprint density at radius 1 is 1.03 bits per heavy atom. The van der Waals surface area contributed by atoms with Crippen molar-refractivity contribution in [2.45, 2.75) is 6.92 Å². The van der Waals surface area contributed by atoms with E-state index in [4.69, 9.17) is 23.2 Å². The van der Waals surface area contributed by atoms with Crippen LogP contribution in [0, 0.1) is 12.7 Å². The average molecular weight is 441 g/mol. The molecule has 0 aliphatic heterocycles. The van der Waals surface area contributed by atoms with Gasteiger partial charge >= 0.3 is 0 Å². The van der Waals surface area contributed by atoms with Gasteiger partial charge in [0.25, 0.3) is 5.91 Å². The van der Waals surface area contributed by atoms with Crippen LogP contribution < -0.4 is 5.32 Å². The smallest absolute Gasteiger partial charge is 0.295 e. The first-order valence-electron chi connectivity index (χ1n) is 8.97.